The van der Waals surface area contributed by atoms with Crippen molar-refractivity contribution in [2.45, 2.75) is 6.92 Å². The van der Waals surface area contributed by atoms with E-state index in [1.165, 1.54) is 6.07 Å². The largest absolute Gasteiger partial charge is 0.507 e. The van der Waals surface area contributed by atoms with Gasteiger partial charge in [-0.1, -0.05) is 29.8 Å². The van der Waals surface area contributed by atoms with Gasteiger partial charge >= 0.3 is 0 Å². The summed E-state index contributed by atoms with van der Waals surface area (Å²) in [4.78, 5) is 14.0. The topological polar surface area (TPSA) is 86.6 Å². The Morgan fingerprint density at radius 1 is 0.625 bits per heavy atom. The van der Waals surface area contributed by atoms with Crippen LogP contribution in [0.5, 0.6) is 23.0 Å². The molecule has 0 radical (unpaired) electrons. The third kappa shape index (κ3) is 4.18. The summed E-state index contributed by atoms with van der Waals surface area (Å²) in [6.07, 6.45) is 0. The Morgan fingerprint density at radius 3 is 1.78 bits per heavy atom. The van der Waals surface area contributed by atoms with Crippen LogP contribution in [0, 0.1) is 6.92 Å². The van der Waals surface area contributed by atoms with E-state index in [0.717, 1.165) is 11.1 Å². The molecule has 3 aromatic carbocycles. The van der Waals surface area contributed by atoms with Crippen LogP contribution in [0.25, 0.3) is 34.2 Å². The highest BCUT2D eigenvalue weighted by Gasteiger charge is 2.17. The van der Waals surface area contributed by atoms with E-state index in [0.29, 0.717) is 45.8 Å². The lowest BCUT2D eigenvalue weighted by Gasteiger charge is -2.13. The highest BCUT2D eigenvalue weighted by atomic mass is 16.5. The molecule has 0 saturated carbocycles. The molecule has 0 aliphatic heterocycles. The molecule has 1 aromatic heterocycles. The lowest BCUT2D eigenvalue weighted by atomic mass is 10.1. The first-order valence-corrected chi connectivity index (χ1v) is 9.95. The molecule has 0 atom stereocenters. The van der Waals surface area contributed by atoms with Gasteiger partial charge in [-0.25, -0.2) is 15.0 Å². The number of aromatic nitrogens is 3. The minimum atomic E-state index is 0.0121. The first-order chi connectivity index (χ1) is 15.5. The van der Waals surface area contributed by atoms with Crippen molar-refractivity contribution in [1.82, 2.24) is 15.0 Å². The molecule has 0 aliphatic rings. The molecule has 0 aliphatic carbocycles. The Kier molecular flexibility index (Phi) is 5.89. The number of methoxy groups -OCH3 is 3. The van der Waals surface area contributed by atoms with Crippen LogP contribution < -0.4 is 14.2 Å². The van der Waals surface area contributed by atoms with Crippen molar-refractivity contribution in [3.63, 3.8) is 0 Å². The number of hydrogen-bond donors (Lipinski definition) is 1. The fourth-order valence-electron chi connectivity index (χ4n) is 3.26. The summed E-state index contributed by atoms with van der Waals surface area (Å²) in [5.74, 6) is 3.01. The second-order valence-corrected chi connectivity index (χ2v) is 7.12. The molecule has 7 heteroatoms. The van der Waals surface area contributed by atoms with Crippen molar-refractivity contribution in [2.24, 2.45) is 0 Å². The fraction of sp³-hybridized carbons (Fsp3) is 0.160. The molecular weight excluding hydrogens is 406 g/mol. The Bertz CT molecular complexity index is 1260. The zero-order valence-corrected chi connectivity index (χ0v) is 18.3. The van der Waals surface area contributed by atoms with Gasteiger partial charge in [-0.3, -0.25) is 0 Å². The number of ether oxygens (including phenoxy) is 3. The van der Waals surface area contributed by atoms with Gasteiger partial charge in [-0.2, -0.15) is 0 Å². The van der Waals surface area contributed by atoms with Crippen LogP contribution in [0.1, 0.15) is 5.56 Å². The maximum absolute atomic E-state index is 10.6. The van der Waals surface area contributed by atoms with Crippen molar-refractivity contribution in [1.29, 1.82) is 0 Å². The summed E-state index contributed by atoms with van der Waals surface area (Å²) < 4.78 is 16.1. The van der Waals surface area contributed by atoms with Crippen LogP contribution in [0.2, 0.25) is 0 Å². The predicted molar refractivity (Wildman–Crippen MR) is 122 cm³/mol. The van der Waals surface area contributed by atoms with E-state index in [4.69, 9.17) is 19.2 Å². The Labute approximate surface area is 186 Å². The normalized spacial score (nSPS) is 10.6. The highest BCUT2D eigenvalue weighted by Crippen LogP contribution is 2.35. The van der Waals surface area contributed by atoms with Crippen LogP contribution in [0.4, 0.5) is 0 Å². The van der Waals surface area contributed by atoms with Gasteiger partial charge in [0.05, 0.1) is 32.5 Å². The summed E-state index contributed by atoms with van der Waals surface area (Å²) in [5.41, 5.74) is 3.11. The summed E-state index contributed by atoms with van der Waals surface area (Å²) in [6.45, 7) is 2.02. The first kappa shape index (κ1) is 21.1. The molecule has 162 valence electrons. The number of aromatic hydroxyl groups is 1. The minimum absolute atomic E-state index is 0.0121. The summed E-state index contributed by atoms with van der Waals surface area (Å²) >= 11 is 0. The number of nitrogens with zero attached hydrogens (tertiary/aromatic N) is 3. The highest BCUT2D eigenvalue weighted by molar-refractivity contribution is 5.73. The van der Waals surface area contributed by atoms with Crippen molar-refractivity contribution in [2.75, 3.05) is 21.3 Å². The molecule has 0 saturated heterocycles. The Hall–Kier alpha value is -4.13. The van der Waals surface area contributed by atoms with E-state index in [-0.39, 0.29) is 5.75 Å². The van der Waals surface area contributed by atoms with E-state index in [2.05, 4.69) is 9.97 Å². The maximum atomic E-state index is 10.6. The number of rotatable bonds is 6. The van der Waals surface area contributed by atoms with Gasteiger partial charge in [-0.15, -0.1) is 0 Å². The van der Waals surface area contributed by atoms with Crippen LogP contribution in [-0.4, -0.2) is 41.4 Å². The molecular formula is C25H23N3O4. The average Bonchev–Trinajstić information content (AvgIpc) is 2.83. The molecule has 0 bridgehead atoms. The number of aryl methyl sites for hydroxylation is 1. The second-order valence-electron chi connectivity index (χ2n) is 7.12. The van der Waals surface area contributed by atoms with E-state index in [1.54, 1.807) is 39.5 Å². The van der Waals surface area contributed by atoms with E-state index in [1.807, 2.05) is 43.3 Å². The Balaban J connectivity index is 1.93. The minimum Gasteiger partial charge on any atom is -0.507 e. The van der Waals surface area contributed by atoms with Crippen LogP contribution in [0.15, 0.2) is 60.7 Å². The molecule has 0 fully saturated rings. The van der Waals surface area contributed by atoms with Crippen LogP contribution in [0.3, 0.4) is 0 Å². The standard InChI is InChI=1S/C25H23N3O4/c1-15-5-7-16(8-6-15)23-26-24(19-11-9-17(30-2)13-21(19)29)28-25(27-23)20-12-10-18(31-3)14-22(20)32-4/h5-14,29H,1-4H3. The van der Waals surface area contributed by atoms with Crippen molar-refractivity contribution >= 4 is 0 Å². The quantitative estimate of drug-likeness (QED) is 0.466. The lowest BCUT2D eigenvalue weighted by Crippen LogP contribution is -2.02. The van der Waals surface area contributed by atoms with Gasteiger partial charge in [0.1, 0.15) is 23.0 Å². The summed E-state index contributed by atoms with van der Waals surface area (Å²) in [7, 11) is 4.72. The SMILES string of the molecule is COc1ccc(-c2nc(-c3ccc(C)cc3)nc(-c3ccc(OC)cc3OC)n2)c(O)c1. The Morgan fingerprint density at radius 2 is 1.19 bits per heavy atom. The zero-order valence-electron chi connectivity index (χ0n) is 18.3. The molecule has 7 nitrogen and oxygen atoms in total. The van der Waals surface area contributed by atoms with E-state index >= 15 is 0 Å². The van der Waals surface area contributed by atoms with Gasteiger partial charge < -0.3 is 19.3 Å². The summed E-state index contributed by atoms with van der Waals surface area (Å²) in [5, 5.41) is 10.6. The van der Waals surface area contributed by atoms with Gasteiger partial charge in [0, 0.05) is 17.7 Å². The third-order valence-corrected chi connectivity index (χ3v) is 5.04. The monoisotopic (exact) mass is 429 g/mol. The van der Waals surface area contributed by atoms with Gasteiger partial charge in [-0.05, 0) is 31.2 Å². The van der Waals surface area contributed by atoms with Crippen LogP contribution in [-0.2, 0) is 0 Å². The maximum Gasteiger partial charge on any atom is 0.167 e. The molecule has 1 N–H and O–H groups in total. The van der Waals surface area contributed by atoms with Crippen molar-refractivity contribution in [3.8, 4) is 57.2 Å². The smallest absolute Gasteiger partial charge is 0.167 e. The molecule has 32 heavy (non-hydrogen) atoms. The van der Waals surface area contributed by atoms with Gasteiger partial charge in [0.15, 0.2) is 17.5 Å². The number of phenolic OH excluding ortho intramolecular Hbond substituents is 1. The molecule has 0 unspecified atom stereocenters. The molecule has 1 heterocycles. The molecule has 0 spiro atoms. The second kappa shape index (κ2) is 8.93. The lowest BCUT2D eigenvalue weighted by molar-refractivity contribution is 0.395. The van der Waals surface area contributed by atoms with E-state index < -0.39 is 0 Å². The van der Waals surface area contributed by atoms with Crippen molar-refractivity contribution in [3.05, 3.63) is 66.2 Å². The third-order valence-electron chi connectivity index (χ3n) is 5.04. The summed E-state index contributed by atoms with van der Waals surface area (Å²) in [6, 6.07) is 18.3. The fourth-order valence-corrected chi connectivity index (χ4v) is 3.26. The van der Waals surface area contributed by atoms with Crippen LogP contribution >= 0.6 is 0 Å². The van der Waals surface area contributed by atoms with Gasteiger partial charge in [0.25, 0.3) is 0 Å². The average molecular weight is 429 g/mol. The number of benzene rings is 3. The van der Waals surface area contributed by atoms with E-state index in [9.17, 15) is 5.11 Å². The van der Waals surface area contributed by atoms with Crippen molar-refractivity contribution < 1.29 is 19.3 Å². The molecule has 4 rings (SSSR count). The van der Waals surface area contributed by atoms with Gasteiger partial charge in [0.2, 0.25) is 0 Å². The molecule has 0 amide bonds. The predicted octanol–water partition coefficient (Wildman–Crippen LogP) is 4.91. The first-order valence-electron chi connectivity index (χ1n) is 9.95. The number of hydrogen-bond acceptors (Lipinski definition) is 7. The molecule has 4 aromatic rings. The zero-order chi connectivity index (χ0) is 22.7. The number of phenols is 1.